The topological polar surface area (TPSA) is 67.4 Å². The highest BCUT2D eigenvalue weighted by molar-refractivity contribution is 5.96. The number of anilines is 1. The second kappa shape index (κ2) is 8.52. The number of hydrogen-bond acceptors (Lipinski definition) is 3. The molecule has 5 heteroatoms. The number of nitrogens with one attached hydrogen (secondary N) is 2. The van der Waals surface area contributed by atoms with Gasteiger partial charge < -0.3 is 15.4 Å². The van der Waals surface area contributed by atoms with Crippen molar-refractivity contribution >= 4 is 17.5 Å². The molecule has 0 spiro atoms. The second-order valence-corrected chi connectivity index (χ2v) is 6.47. The molecule has 2 aromatic rings. The molecule has 0 aliphatic heterocycles. The van der Waals surface area contributed by atoms with Crippen molar-refractivity contribution in [2.24, 2.45) is 0 Å². The van der Waals surface area contributed by atoms with Crippen LogP contribution in [0.5, 0.6) is 5.75 Å². The van der Waals surface area contributed by atoms with Gasteiger partial charge in [0.15, 0.2) is 5.78 Å². The molecule has 0 unspecified atom stereocenters. The molecule has 5 nitrogen and oxygen atoms in total. The second-order valence-electron chi connectivity index (χ2n) is 6.47. The number of Topliss-reactive ketones (excluding diaryl/α,β-unsaturated/α-hetero) is 1. The van der Waals surface area contributed by atoms with Gasteiger partial charge in [0, 0.05) is 11.3 Å². The molecule has 0 radical (unpaired) electrons. The van der Waals surface area contributed by atoms with Crippen molar-refractivity contribution in [1.82, 2.24) is 5.32 Å². The van der Waals surface area contributed by atoms with E-state index in [-0.39, 0.29) is 11.8 Å². The van der Waals surface area contributed by atoms with Crippen LogP contribution in [0.4, 0.5) is 10.5 Å². The van der Waals surface area contributed by atoms with Crippen LogP contribution in [0.15, 0.2) is 42.5 Å². The lowest BCUT2D eigenvalue weighted by atomic mass is 9.91. The number of carbonyl (C=O) groups excluding carboxylic acids is 2. The Morgan fingerprint density at radius 3 is 2.73 bits per heavy atom. The average molecular weight is 352 g/mol. The summed E-state index contributed by atoms with van der Waals surface area (Å²) in [6.45, 7) is 2.32. The number of aryl methyl sites for hydroxylation is 1. The Bertz CT molecular complexity index is 802. The zero-order chi connectivity index (χ0) is 18.4. The van der Waals surface area contributed by atoms with E-state index in [2.05, 4.69) is 16.7 Å². The van der Waals surface area contributed by atoms with Crippen molar-refractivity contribution < 1.29 is 14.3 Å². The molecule has 1 aliphatic carbocycles. The third-order valence-corrected chi connectivity index (χ3v) is 4.53. The number of urea groups is 1. The number of amides is 2. The third-order valence-electron chi connectivity index (χ3n) is 4.53. The van der Waals surface area contributed by atoms with Gasteiger partial charge in [0.05, 0.1) is 6.54 Å². The normalized spacial score (nSPS) is 12.8. The molecular weight excluding hydrogens is 328 g/mol. The largest absolute Gasteiger partial charge is 0.491 e. The fourth-order valence-corrected chi connectivity index (χ4v) is 3.20. The number of ether oxygens (including phenoxy) is 1. The first-order chi connectivity index (χ1) is 12.6. The van der Waals surface area contributed by atoms with Crippen LogP contribution in [0, 0.1) is 0 Å². The van der Waals surface area contributed by atoms with E-state index in [1.165, 1.54) is 30.9 Å². The van der Waals surface area contributed by atoms with Crippen LogP contribution in [-0.2, 0) is 12.8 Å². The van der Waals surface area contributed by atoms with Gasteiger partial charge in [0.25, 0.3) is 0 Å². The summed E-state index contributed by atoms with van der Waals surface area (Å²) in [5.74, 6) is 0.896. The number of benzene rings is 2. The monoisotopic (exact) mass is 352 g/mol. The lowest BCUT2D eigenvalue weighted by Crippen LogP contribution is -2.32. The van der Waals surface area contributed by atoms with E-state index in [4.69, 9.17) is 4.74 Å². The first kappa shape index (κ1) is 18.0. The van der Waals surface area contributed by atoms with Gasteiger partial charge in [-0.1, -0.05) is 24.3 Å². The van der Waals surface area contributed by atoms with Crippen molar-refractivity contribution in [2.75, 3.05) is 18.5 Å². The minimum atomic E-state index is -0.315. The van der Waals surface area contributed by atoms with Gasteiger partial charge in [-0.3, -0.25) is 4.79 Å². The number of carbonyl (C=O) groups is 2. The van der Waals surface area contributed by atoms with Crippen LogP contribution < -0.4 is 15.4 Å². The zero-order valence-electron chi connectivity index (χ0n) is 15.0. The van der Waals surface area contributed by atoms with Gasteiger partial charge in [0.1, 0.15) is 12.4 Å². The highest BCUT2D eigenvalue weighted by Gasteiger charge is 2.13. The highest BCUT2D eigenvalue weighted by Crippen LogP contribution is 2.29. The van der Waals surface area contributed by atoms with Crippen molar-refractivity contribution in [2.45, 2.75) is 32.6 Å². The minimum absolute atomic E-state index is 0.0337. The summed E-state index contributed by atoms with van der Waals surface area (Å²) >= 11 is 0. The lowest BCUT2D eigenvalue weighted by molar-refractivity contribution is 0.101. The summed E-state index contributed by atoms with van der Waals surface area (Å²) in [6, 6.07) is 12.8. The van der Waals surface area contributed by atoms with E-state index in [9.17, 15) is 9.59 Å². The van der Waals surface area contributed by atoms with Crippen LogP contribution in [0.25, 0.3) is 0 Å². The first-order valence-electron chi connectivity index (χ1n) is 9.03. The first-order valence-corrected chi connectivity index (χ1v) is 9.03. The molecular formula is C21H24N2O3. The van der Waals surface area contributed by atoms with E-state index in [1.54, 1.807) is 24.3 Å². The van der Waals surface area contributed by atoms with E-state index < -0.39 is 0 Å². The fraction of sp³-hybridized carbons (Fsp3) is 0.333. The summed E-state index contributed by atoms with van der Waals surface area (Å²) in [6.07, 6.45) is 4.62. The molecule has 0 atom stereocenters. The van der Waals surface area contributed by atoms with Gasteiger partial charge in [-0.25, -0.2) is 4.79 Å². The maximum absolute atomic E-state index is 12.0. The van der Waals surface area contributed by atoms with E-state index in [0.717, 1.165) is 18.6 Å². The maximum Gasteiger partial charge on any atom is 0.319 e. The van der Waals surface area contributed by atoms with Crippen LogP contribution in [0.1, 0.15) is 41.3 Å². The quantitative estimate of drug-likeness (QED) is 0.611. The lowest BCUT2D eigenvalue weighted by Gasteiger charge is -2.19. The van der Waals surface area contributed by atoms with E-state index >= 15 is 0 Å². The molecule has 2 aromatic carbocycles. The van der Waals surface area contributed by atoms with Gasteiger partial charge in [-0.15, -0.1) is 0 Å². The predicted molar refractivity (Wildman–Crippen MR) is 102 cm³/mol. The van der Waals surface area contributed by atoms with Crippen molar-refractivity contribution in [3.63, 3.8) is 0 Å². The van der Waals surface area contributed by atoms with E-state index in [0.29, 0.717) is 24.4 Å². The summed E-state index contributed by atoms with van der Waals surface area (Å²) in [5.41, 5.74) is 3.85. The fourth-order valence-electron chi connectivity index (χ4n) is 3.20. The number of hydrogen-bond donors (Lipinski definition) is 2. The molecule has 2 amide bonds. The molecule has 0 fully saturated rings. The Morgan fingerprint density at radius 1 is 1.08 bits per heavy atom. The van der Waals surface area contributed by atoms with Crippen LogP contribution >= 0.6 is 0 Å². The molecule has 0 aromatic heterocycles. The molecule has 0 bridgehead atoms. The van der Waals surface area contributed by atoms with Crippen molar-refractivity contribution in [3.8, 4) is 5.75 Å². The van der Waals surface area contributed by atoms with Gasteiger partial charge in [-0.2, -0.15) is 0 Å². The summed E-state index contributed by atoms with van der Waals surface area (Å²) in [5, 5.41) is 5.50. The Hall–Kier alpha value is -2.82. The van der Waals surface area contributed by atoms with Crippen molar-refractivity contribution in [1.29, 1.82) is 0 Å². The average Bonchev–Trinajstić information content (AvgIpc) is 2.65. The SMILES string of the molecule is CC(=O)c1cccc(NC(=O)NCCOc2cccc3c2CCCC3)c1. The minimum Gasteiger partial charge on any atom is -0.491 e. The predicted octanol–water partition coefficient (Wildman–Crippen LogP) is 3.97. The summed E-state index contributed by atoms with van der Waals surface area (Å²) in [4.78, 5) is 23.4. The molecule has 0 saturated heterocycles. The Balaban J connectivity index is 1.46. The van der Waals surface area contributed by atoms with Crippen LogP contribution in [0.2, 0.25) is 0 Å². The van der Waals surface area contributed by atoms with Crippen LogP contribution in [0.3, 0.4) is 0 Å². The Kier molecular flexibility index (Phi) is 5.89. The van der Waals surface area contributed by atoms with Crippen molar-refractivity contribution in [3.05, 3.63) is 59.2 Å². The van der Waals surface area contributed by atoms with Gasteiger partial charge >= 0.3 is 6.03 Å². The Morgan fingerprint density at radius 2 is 1.88 bits per heavy atom. The number of rotatable bonds is 6. The summed E-state index contributed by atoms with van der Waals surface area (Å²) in [7, 11) is 0. The number of ketones is 1. The summed E-state index contributed by atoms with van der Waals surface area (Å²) < 4.78 is 5.87. The number of fused-ring (bicyclic) bond motifs is 1. The zero-order valence-corrected chi connectivity index (χ0v) is 15.0. The smallest absolute Gasteiger partial charge is 0.319 e. The molecule has 26 heavy (non-hydrogen) atoms. The molecule has 1 aliphatic rings. The van der Waals surface area contributed by atoms with Crippen LogP contribution in [-0.4, -0.2) is 25.0 Å². The molecule has 3 rings (SSSR count). The molecule has 2 N–H and O–H groups in total. The molecule has 0 saturated carbocycles. The van der Waals surface area contributed by atoms with E-state index in [1.807, 2.05) is 12.1 Å². The van der Waals surface area contributed by atoms with Gasteiger partial charge in [0.2, 0.25) is 0 Å². The van der Waals surface area contributed by atoms with Gasteiger partial charge in [-0.05, 0) is 61.9 Å². The molecule has 0 heterocycles. The third kappa shape index (κ3) is 4.63. The standard InChI is InChI=1S/C21H24N2O3/c1-15(24)17-8-4-9-18(14-17)23-21(25)22-12-13-26-20-11-5-7-16-6-2-3-10-19(16)20/h4-5,7-9,11,14H,2-3,6,10,12-13H2,1H3,(H2,22,23,25). The Labute approximate surface area is 153 Å². The highest BCUT2D eigenvalue weighted by atomic mass is 16.5. The molecule has 136 valence electrons. The maximum atomic E-state index is 12.0.